The maximum absolute atomic E-state index is 2.49. The van der Waals surface area contributed by atoms with Gasteiger partial charge in [-0.15, -0.1) is 0 Å². The first-order valence-corrected chi connectivity index (χ1v) is 7.57. The highest BCUT2D eigenvalue weighted by molar-refractivity contribution is 7.99. The van der Waals surface area contributed by atoms with E-state index in [1.165, 1.54) is 32.3 Å². The van der Waals surface area contributed by atoms with Gasteiger partial charge in [-0.05, 0) is 51.0 Å². The Labute approximate surface area is 119 Å². The molecule has 0 saturated heterocycles. The Balaban J connectivity index is 2.29. The van der Waals surface area contributed by atoms with Gasteiger partial charge in [0, 0.05) is 15.8 Å². The molecule has 0 aromatic heterocycles. The Morgan fingerprint density at radius 1 is 0.842 bits per heavy atom. The largest absolute Gasteiger partial charge is 0.337 e. The van der Waals surface area contributed by atoms with Gasteiger partial charge in [0.2, 0.25) is 0 Å². The smallest absolute Gasteiger partial charge is 0.0585 e. The SMILES string of the molecule is Cc1cccc2c1N(C(C)C)c1c(C)cccc1S2. The fourth-order valence-electron chi connectivity index (χ4n) is 2.79. The van der Waals surface area contributed by atoms with Gasteiger partial charge in [0.05, 0.1) is 11.4 Å². The molecule has 1 aliphatic heterocycles. The Morgan fingerprint density at radius 2 is 1.32 bits per heavy atom. The monoisotopic (exact) mass is 269 g/mol. The zero-order valence-corrected chi connectivity index (χ0v) is 12.7. The number of hydrogen-bond donors (Lipinski definition) is 0. The van der Waals surface area contributed by atoms with Gasteiger partial charge >= 0.3 is 0 Å². The molecule has 0 radical (unpaired) electrons. The third-order valence-corrected chi connectivity index (χ3v) is 4.72. The second-order valence-electron chi connectivity index (χ2n) is 5.41. The molecule has 2 aromatic rings. The Kier molecular flexibility index (Phi) is 3.06. The zero-order valence-electron chi connectivity index (χ0n) is 11.9. The maximum Gasteiger partial charge on any atom is 0.0585 e. The van der Waals surface area contributed by atoms with E-state index in [9.17, 15) is 0 Å². The number of anilines is 2. The normalized spacial score (nSPS) is 13.4. The molecule has 0 spiro atoms. The molecule has 3 rings (SSSR count). The summed E-state index contributed by atoms with van der Waals surface area (Å²) < 4.78 is 0. The van der Waals surface area contributed by atoms with Crippen molar-refractivity contribution in [2.75, 3.05) is 4.90 Å². The Hall–Kier alpha value is -1.41. The number of para-hydroxylation sites is 2. The number of hydrogen-bond acceptors (Lipinski definition) is 2. The Bertz CT molecular complexity index is 580. The molecule has 98 valence electrons. The minimum absolute atomic E-state index is 0.459. The first-order chi connectivity index (χ1) is 9.09. The molecule has 0 unspecified atom stereocenters. The van der Waals surface area contributed by atoms with Crippen molar-refractivity contribution in [1.29, 1.82) is 0 Å². The van der Waals surface area contributed by atoms with E-state index in [1.54, 1.807) is 0 Å². The molecule has 19 heavy (non-hydrogen) atoms. The minimum atomic E-state index is 0.459. The molecule has 0 aliphatic carbocycles. The summed E-state index contributed by atoms with van der Waals surface area (Å²) in [5.74, 6) is 0. The number of nitrogens with zero attached hydrogens (tertiary/aromatic N) is 1. The first kappa shape index (κ1) is 12.6. The van der Waals surface area contributed by atoms with Crippen LogP contribution in [0.25, 0.3) is 0 Å². The highest BCUT2D eigenvalue weighted by atomic mass is 32.2. The van der Waals surface area contributed by atoms with E-state index >= 15 is 0 Å². The quantitative estimate of drug-likeness (QED) is 0.689. The van der Waals surface area contributed by atoms with E-state index in [-0.39, 0.29) is 0 Å². The van der Waals surface area contributed by atoms with Crippen molar-refractivity contribution in [3.8, 4) is 0 Å². The summed E-state index contributed by atoms with van der Waals surface area (Å²) in [4.78, 5) is 5.23. The van der Waals surface area contributed by atoms with Crippen molar-refractivity contribution >= 4 is 23.1 Å². The third kappa shape index (κ3) is 1.95. The lowest BCUT2D eigenvalue weighted by Crippen LogP contribution is -2.29. The molecular weight excluding hydrogens is 250 g/mol. The minimum Gasteiger partial charge on any atom is -0.337 e. The summed E-state index contributed by atoms with van der Waals surface area (Å²) in [7, 11) is 0. The standard InChI is InChI=1S/C17H19NS/c1-11(2)18-16-12(3)7-5-9-14(16)19-15-10-6-8-13(4)17(15)18/h5-11H,1-4H3. The lowest BCUT2D eigenvalue weighted by Gasteiger charge is -2.38. The van der Waals surface area contributed by atoms with Gasteiger partial charge in [-0.25, -0.2) is 0 Å². The van der Waals surface area contributed by atoms with Gasteiger partial charge in [0.15, 0.2) is 0 Å². The molecule has 0 amide bonds. The summed E-state index contributed by atoms with van der Waals surface area (Å²) >= 11 is 1.89. The van der Waals surface area contributed by atoms with Gasteiger partial charge < -0.3 is 4.90 Å². The maximum atomic E-state index is 2.49. The van der Waals surface area contributed by atoms with E-state index in [4.69, 9.17) is 0 Å². The first-order valence-electron chi connectivity index (χ1n) is 6.76. The average molecular weight is 269 g/mol. The zero-order chi connectivity index (χ0) is 13.6. The number of fused-ring (bicyclic) bond motifs is 2. The molecule has 0 N–H and O–H groups in total. The summed E-state index contributed by atoms with van der Waals surface area (Å²) in [5.41, 5.74) is 5.47. The molecule has 1 nitrogen and oxygen atoms in total. The van der Waals surface area contributed by atoms with Gasteiger partial charge in [0.1, 0.15) is 0 Å². The van der Waals surface area contributed by atoms with Crippen LogP contribution < -0.4 is 4.90 Å². The third-order valence-electron chi connectivity index (χ3n) is 3.62. The Morgan fingerprint density at radius 3 is 1.74 bits per heavy atom. The van der Waals surface area contributed by atoms with Crippen molar-refractivity contribution in [2.24, 2.45) is 0 Å². The molecule has 0 fully saturated rings. The molecule has 0 atom stereocenters. The van der Waals surface area contributed by atoms with Gasteiger partial charge in [-0.3, -0.25) is 0 Å². The summed E-state index contributed by atoms with van der Waals surface area (Å²) in [5, 5.41) is 0. The lowest BCUT2D eigenvalue weighted by atomic mass is 10.1. The van der Waals surface area contributed by atoms with E-state index in [0.717, 1.165) is 0 Å². The van der Waals surface area contributed by atoms with Crippen molar-refractivity contribution in [1.82, 2.24) is 0 Å². The highest BCUT2D eigenvalue weighted by Crippen LogP contribution is 2.51. The van der Waals surface area contributed by atoms with Gasteiger partial charge in [-0.1, -0.05) is 36.0 Å². The fourth-order valence-corrected chi connectivity index (χ4v) is 4.04. The van der Waals surface area contributed by atoms with Crippen LogP contribution in [0.3, 0.4) is 0 Å². The van der Waals surface area contributed by atoms with Crippen LogP contribution >= 0.6 is 11.8 Å². The molecule has 2 heteroatoms. The van der Waals surface area contributed by atoms with Crippen molar-refractivity contribution in [3.05, 3.63) is 47.5 Å². The van der Waals surface area contributed by atoms with E-state index in [0.29, 0.717) is 6.04 Å². The number of aryl methyl sites for hydroxylation is 2. The fraction of sp³-hybridized carbons (Fsp3) is 0.294. The second kappa shape index (κ2) is 4.61. The second-order valence-corrected chi connectivity index (χ2v) is 6.49. The van der Waals surface area contributed by atoms with E-state index in [2.05, 4.69) is 69.0 Å². The van der Waals surface area contributed by atoms with Crippen LogP contribution in [-0.2, 0) is 0 Å². The highest BCUT2D eigenvalue weighted by Gasteiger charge is 2.27. The summed E-state index contributed by atoms with van der Waals surface area (Å²) in [6, 6.07) is 13.6. The van der Waals surface area contributed by atoms with Crippen LogP contribution in [0.4, 0.5) is 11.4 Å². The van der Waals surface area contributed by atoms with Crippen molar-refractivity contribution < 1.29 is 0 Å². The predicted octanol–water partition coefficient (Wildman–Crippen LogP) is 5.31. The molecule has 0 saturated carbocycles. The summed E-state index contributed by atoms with van der Waals surface area (Å²) in [6.45, 7) is 8.95. The molecule has 0 bridgehead atoms. The molecule has 1 heterocycles. The van der Waals surface area contributed by atoms with Crippen LogP contribution in [0.2, 0.25) is 0 Å². The van der Waals surface area contributed by atoms with E-state index < -0.39 is 0 Å². The number of rotatable bonds is 1. The predicted molar refractivity (Wildman–Crippen MR) is 83.8 cm³/mol. The molecule has 2 aromatic carbocycles. The lowest BCUT2D eigenvalue weighted by molar-refractivity contribution is 0.767. The summed E-state index contributed by atoms with van der Waals surface area (Å²) in [6.07, 6.45) is 0. The van der Waals surface area contributed by atoms with Crippen LogP contribution in [0, 0.1) is 13.8 Å². The topological polar surface area (TPSA) is 3.24 Å². The number of benzene rings is 2. The van der Waals surface area contributed by atoms with Crippen LogP contribution in [0.1, 0.15) is 25.0 Å². The van der Waals surface area contributed by atoms with Gasteiger partial charge in [0.25, 0.3) is 0 Å². The van der Waals surface area contributed by atoms with Crippen LogP contribution in [0.15, 0.2) is 46.2 Å². The van der Waals surface area contributed by atoms with Gasteiger partial charge in [-0.2, -0.15) is 0 Å². The van der Waals surface area contributed by atoms with E-state index in [1.807, 2.05) is 11.8 Å². The van der Waals surface area contributed by atoms with Crippen LogP contribution in [0.5, 0.6) is 0 Å². The van der Waals surface area contributed by atoms with Crippen LogP contribution in [-0.4, -0.2) is 6.04 Å². The van der Waals surface area contributed by atoms with Crippen molar-refractivity contribution in [3.63, 3.8) is 0 Å². The van der Waals surface area contributed by atoms with Crippen molar-refractivity contribution in [2.45, 2.75) is 43.5 Å². The average Bonchev–Trinajstić information content (AvgIpc) is 2.37. The molecule has 1 aliphatic rings. The molecular formula is C17H19NS.